The van der Waals surface area contributed by atoms with Crippen LogP contribution >= 0.6 is 0 Å². The van der Waals surface area contributed by atoms with E-state index in [1.54, 1.807) is 18.2 Å². The summed E-state index contributed by atoms with van der Waals surface area (Å²) < 4.78 is 39.4. The molecule has 4 rings (SSSR count). The van der Waals surface area contributed by atoms with E-state index in [2.05, 4.69) is 15.5 Å². The molecule has 4 aromatic rings. The van der Waals surface area contributed by atoms with E-state index >= 15 is 0 Å². The number of hydrogen-bond donors (Lipinski definition) is 3. The van der Waals surface area contributed by atoms with Crippen molar-refractivity contribution < 1.29 is 37.9 Å². The Labute approximate surface area is 210 Å². The van der Waals surface area contributed by atoms with Gasteiger partial charge in [-0.05, 0) is 36.4 Å². The number of amides is 2. The second kappa shape index (κ2) is 10.0. The number of phenolic OH excluding ortho intramolecular Hbond substituents is 1. The third kappa shape index (κ3) is 5.28. The highest BCUT2D eigenvalue weighted by molar-refractivity contribution is 6.00. The van der Waals surface area contributed by atoms with Crippen molar-refractivity contribution in [3.05, 3.63) is 88.0 Å². The number of phenols is 1. The van der Waals surface area contributed by atoms with Crippen LogP contribution in [0.15, 0.2) is 77.0 Å². The Morgan fingerprint density at radius 3 is 2.37 bits per heavy atom. The molecule has 3 N–H and O–H groups in total. The van der Waals surface area contributed by atoms with Gasteiger partial charge in [0.2, 0.25) is 11.8 Å². The maximum Gasteiger partial charge on any atom is 0.416 e. The number of nitrogens with one attached hydrogen (secondary N) is 1. The first kappa shape index (κ1) is 25.8. The summed E-state index contributed by atoms with van der Waals surface area (Å²) in [5.74, 6) is -2.91. The number of alkyl halides is 3. The van der Waals surface area contributed by atoms with Gasteiger partial charge in [0.05, 0.1) is 21.6 Å². The number of halogens is 3. The number of aromatic nitrogens is 1. The van der Waals surface area contributed by atoms with Gasteiger partial charge in [-0.25, -0.2) is 0 Å². The maximum absolute atomic E-state index is 12.7. The second-order valence-corrected chi connectivity index (χ2v) is 7.86. The fraction of sp³-hybridized carbons (Fsp3) is 0.0833. The van der Waals surface area contributed by atoms with Crippen molar-refractivity contribution in [2.75, 3.05) is 5.32 Å². The Kier molecular flexibility index (Phi) is 6.79. The minimum absolute atomic E-state index is 0.0984. The highest BCUT2D eigenvalue weighted by Gasteiger charge is 2.30. The smallest absolute Gasteiger partial charge is 0.416 e. The summed E-state index contributed by atoms with van der Waals surface area (Å²) in [5.41, 5.74) is -1.59. The Balaban J connectivity index is 1.60. The Morgan fingerprint density at radius 1 is 1.03 bits per heavy atom. The third-order valence-electron chi connectivity index (χ3n) is 5.38. The molecule has 2 amide bonds. The van der Waals surface area contributed by atoms with Gasteiger partial charge in [-0.3, -0.25) is 19.7 Å². The van der Waals surface area contributed by atoms with Crippen molar-refractivity contribution in [1.82, 2.24) is 4.57 Å². The monoisotopic (exact) mass is 527 g/mol. The topological polar surface area (TPSA) is 159 Å². The van der Waals surface area contributed by atoms with Crippen LogP contribution in [0.4, 0.5) is 30.2 Å². The van der Waals surface area contributed by atoms with Crippen LogP contribution in [0.5, 0.6) is 11.6 Å². The predicted octanol–water partition coefficient (Wildman–Crippen LogP) is 5.54. The molecule has 0 unspecified atom stereocenters. The average Bonchev–Trinajstić information content (AvgIpc) is 3.13. The van der Waals surface area contributed by atoms with Gasteiger partial charge in [0.1, 0.15) is 12.3 Å². The van der Waals surface area contributed by atoms with Crippen molar-refractivity contribution in [2.45, 2.75) is 12.7 Å². The Bertz CT molecular complexity index is 1600. The van der Waals surface area contributed by atoms with Crippen LogP contribution in [0.3, 0.4) is 0 Å². The lowest BCUT2D eigenvalue weighted by atomic mass is 10.1. The summed E-state index contributed by atoms with van der Waals surface area (Å²) >= 11 is 0. The number of azo groups is 1. The van der Waals surface area contributed by atoms with Gasteiger partial charge in [0.15, 0.2) is 5.69 Å². The molecule has 0 aliphatic carbocycles. The van der Waals surface area contributed by atoms with Crippen LogP contribution < -0.4 is 5.32 Å². The van der Waals surface area contributed by atoms with Crippen LogP contribution in [0.2, 0.25) is 0 Å². The van der Waals surface area contributed by atoms with Gasteiger partial charge in [0, 0.05) is 23.2 Å². The molecular weight excluding hydrogens is 511 g/mol. The van der Waals surface area contributed by atoms with Gasteiger partial charge in [-0.2, -0.15) is 13.2 Å². The molecule has 11 nitrogen and oxygen atoms in total. The SMILES string of the molecule is O=C(Cn1c(O)c(N=NC(=O)c2cc([N+](=O)[O-])ccc2O)c2ccccc21)Nc1ccc(C(F)(F)F)cc1. The van der Waals surface area contributed by atoms with Crippen LogP contribution in [0.25, 0.3) is 10.9 Å². The van der Waals surface area contributed by atoms with E-state index in [9.17, 15) is 43.1 Å². The molecule has 0 saturated heterocycles. The van der Waals surface area contributed by atoms with Crippen molar-refractivity contribution in [3.8, 4) is 11.6 Å². The van der Waals surface area contributed by atoms with Crippen molar-refractivity contribution in [3.63, 3.8) is 0 Å². The number of benzene rings is 3. The summed E-state index contributed by atoms with van der Waals surface area (Å²) in [7, 11) is 0. The number of non-ortho nitro benzene ring substituents is 1. The first-order valence-corrected chi connectivity index (χ1v) is 10.7. The molecule has 0 atom stereocenters. The fourth-order valence-corrected chi connectivity index (χ4v) is 3.58. The number of carbonyl (C=O) groups excluding carboxylic acids is 2. The molecule has 0 aliphatic heterocycles. The number of para-hydroxylation sites is 1. The van der Waals surface area contributed by atoms with E-state index in [1.165, 1.54) is 6.07 Å². The summed E-state index contributed by atoms with van der Waals surface area (Å²) in [6.45, 7) is -0.470. The largest absolute Gasteiger partial charge is 0.507 e. The number of hydrogen-bond acceptors (Lipinski definition) is 7. The van der Waals surface area contributed by atoms with Gasteiger partial charge in [-0.1, -0.05) is 18.2 Å². The number of nitro benzene ring substituents is 1. The highest BCUT2D eigenvalue weighted by atomic mass is 19.4. The number of carbonyl (C=O) groups is 2. The van der Waals surface area contributed by atoms with Gasteiger partial charge in [0.25, 0.3) is 11.6 Å². The first-order chi connectivity index (χ1) is 18.0. The van der Waals surface area contributed by atoms with Crippen LogP contribution in [-0.4, -0.2) is 31.5 Å². The number of anilines is 1. The van der Waals surface area contributed by atoms with E-state index < -0.39 is 57.9 Å². The van der Waals surface area contributed by atoms with Crippen LogP contribution in [0.1, 0.15) is 15.9 Å². The second-order valence-electron chi connectivity index (χ2n) is 7.86. The maximum atomic E-state index is 12.7. The minimum Gasteiger partial charge on any atom is -0.507 e. The lowest BCUT2D eigenvalue weighted by molar-refractivity contribution is -0.384. The Hall–Kier alpha value is -5.27. The molecular formula is C24H16F3N5O6. The molecule has 0 aliphatic rings. The van der Waals surface area contributed by atoms with E-state index in [0.29, 0.717) is 10.9 Å². The lowest BCUT2D eigenvalue weighted by Gasteiger charge is -2.10. The summed E-state index contributed by atoms with van der Waals surface area (Å²) in [4.78, 5) is 35.3. The van der Waals surface area contributed by atoms with Crippen molar-refractivity contribution in [2.24, 2.45) is 10.2 Å². The van der Waals surface area contributed by atoms with Gasteiger partial charge >= 0.3 is 6.18 Å². The standard InChI is InChI=1S/C24H16F3N5O6/c25-24(26,27)13-5-7-14(8-6-13)28-20(34)12-31-18-4-2-1-3-16(18)21(23(31)36)29-30-22(35)17-11-15(32(37)38)9-10-19(17)33/h1-11,33,36H,12H2,(H,28,34). The molecule has 0 saturated carbocycles. The normalized spacial score (nSPS) is 11.7. The molecule has 1 aromatic heterocycles. The number of aromatic hydroxyl groups is 2. The van der Waals surface area contributed by atoms with E-state index in [4.69, 9.17) is 0 Å². The molecule has 3 aromatic carbocycles. The molecule has 0 fully saturated rings. The minimum atomic E-state index is -4.53. The van der Waals surface area contributed by atoms with Crippen molar-refractivity contribution in [1.29, 1.82) is 0 Å². The molecule has 0 bridgehead atoms. The molecule has 0 spiro atoms. The zero-order valence-electron chi connectivity index (χ0n) is 19.0. The number of nitrogens with zero attached hydrogens (tertiary/aromatic N) is 4. The zero-order valence-corrected chi connectivity index (χ0v) is 19.0. The highest BCUT2D eigenvalue weighted by Crippen LogP contribution is 2.39. The summed E-state index contributed by atoms with van der Waals surface area (Å²) in [5, 5.41) is 41.6. The van der Waals surface area contributed by atoms with E-state index in [0.717, 1.165) is 47.0 Å². The average molecular weight is 527 g/mol. The number of fused-ring (bicyclic) bond motifs is 1. The predicted molar refractivity (Wildman–Crippen MR) is 127 cm³/mol. The third-order valence-corrected chi connectivity index (χ3v) is 5.38. The fourth-order valence-electron chi connectivity index (χ4n) is 3.58. The summed E-state index contributed by atoms with van der Waals surface area (Å²) in [6, 6.07) is 12.9. The molecule has 1 heterocycles. The first-order valence-electron chi connectivity index (χ1n) is 10.7. The Morgan fingerprint density at radius 2 is 1.71 bits per heavy atom. The molecule has 0 radical (unpaired) electrons. The quantitative estimate of drug-likeness (QED) is 0.170. The van der Waals surface area contributed by atoms with E-state index in [1.807, 2.05) is 0 Å². The van der Waals surface area contributed by atoms with Gasteiger partial charge in [-0.15, -0.1) is 10.2 Å². The molecule has 38 heavy (non-hydrogen) atoms. The number of nitro groups is 1. The lowest BCUT2D eigenvalue weighted by Crippen LogP contribution is -2.18. The van der Waals surface area contributed by atoms with Gasteiger partial charge < -0.3 is 20.1 Å². The van der Waals surface area contributed by atoms with E-state index in [-0.39, 0.29) is 11.4 Å². The van der Waals surface area contributed by atoms with Crippen LogP contribution in [-0.2, 0) is 17.5 Å². The summed E-state index contributed by atoms with van der Waals surface area (Å²) in [6.07, 6.45) is -4.53. The van der Waals surface area contributed by atoms with Crippen LogP contribution in [0, 0.1) is 10.1 Å². The van der Waals surface area contributed by atoms with Crippen molar-refractivity contribution >= 4 is 39.8 Å². The molecule has 194 valence electrons. The number of rotatable bonds is 6. The zero-order chi connectivity index (χ0) is 27.6. The molecule has 14 heteroatoms.